The maximum absolute atomic E-state index is 13.5. The minimum Gasteiger partial charge on any atom is -0.270 e. The molecule has 176 valence electrons. The molecule has 4 fully saturated rings. The van der Waals surface area contributed by atoms with E-state index in [-0.39, 0.29) is 36.9 Å². The third kappa shape index (κ3) is 2.09. The largest absolute Gasteiger partial charge is 0.352 e. The first-order chi connectivity index (χ1) is 15.5. The Labute approximate surface area is 188 Å². The third-order valence-electron chi connectivity index (χ3n) is 8.83. The van der Waals surface area contributed by atoms with Gasteiger partial charge >= 0.3 is 11.4 Å². The molecule has 6 aliphatic rings. The van der Waals surface area contributed by atoms with Gasteiger partial charge in [-0.05, 0) is 35.8 Å². The number of benzene rings is 1. The SMILES string of the molecule is CS(=O)(=O)OC[C@]12C3C4[C@@H]5[C@H]4[C@@H]1n1c(=O)n(-c4ccccc4)c(=O)n1[C@@H]5[C@@]32COS(C)(=O)=O. The molecule has 4 saturated carbocycles. The fourth-order valence-electron chi connectivity index (χ4n) is 8.21. The summed E-state index contributed by atoms with van der Waals surface area (Å²) >= 11 is 0. The van der Waals surface area contributed by atoms with E-state index < -0.39 is 54.5 Å². The van der Waals surface area contributed by atoms with E-state index in [4.69, 9.17) is 8.37 Å². The molecule has 2 bridgehead atoms. The normalized spacial score (nSPS) is 40.7. The highest BCUT2D eigenvalue weighted by atomic mass is 32.2. The van der Waals surface area contributed by atoms with Crippen molar-refractivity contribution >= 4 is 20.2 Å². The Morgan fingerprint density at radius 2 is 1.24 bits per heavy atom. The summed E-state index contributed by atoms with van der Waals surface area (Å²) in [6, 6.07) is 7.71. The molecule has 1 aromatic heterocycles. The Bertz CT molecular complexity index is 1480. The Balaban J connectivity index is 1.44. The fraction of sp³-hybridized carbons (Fsp3) is 0.600. The monoisotopic (exact) mass is 495 g/mol. The molecular weight excluding hydrogens is 474 g/mol. The topological polar surface area (TPSA) is 136 Å². The lowest BCUT2D eigenvalue weighted by Gasteiger charge is -2.47. The number of para-hydroxylation sites is 1. The lowest BCUT2D eigenvalue weighted by Crippen LogP contribution is -2.55. The average molecular weight is 496 g/mol. The van der Waals surface area contributed by atoms with Gasteiger partial charge < -0.3 is 0 Å². The van der Waals surface area contributed by atoms with Crippen LogP contribution in [0.25, 0.3) is 5.69 Å². The molecule has 4 aliphatic carbocycles. The van der Waals surface area contributed by atoms with Gasteiger partial charge in [0.15, 0.2) is 0 Å². The molecule has 0 amide bonds. The van der Waals surface area contributed by atoms with Crippen molar-refractivity contribution in [1.82, 2.24) is 13.9 Å². The second kappa shape index (κ2) is 5.53. The number of hydrogen-bond donors (Lipinski definition) is 0. The van der Waals surface area contributed by atoms with Crippen LogP contribution in [0, 0.1) is 34.5 Å². The highest BCUT2D eigenvalue weighted by molar-refractivity contribution is 7.86. The van der Waals surface area contributed by atoms with Crippen LogP contribution in [0.5, 0.6) is 0 Å². The van der Waals surface area contributed by atoms with Crippen molar-refractivity contribution in [2.75, 3.05) is 25.7 Å². The zero-order valence-corrected chi connectivity index (χ0v) is 19.3. The summed E-state index contributed by atoms with van der Waals surface area (Å²) in [6.45, 7) is -0.330. The van der Waals surface area contributed by atoms with Gasteiger partial charge in [-0.15, -0.1) is 0 Å². The van der Waals surface area contributed by atoms with E-state index in [0.717, 1.165) is 17.1 Å². The first-order valence-electron chi connectivity index (χ1n) is 10.7. The maximum atomic E-state index is 13.5. The van der Waals surface area contributed by atoms with Gasteiger partial charge in [-0.1, -0.05) is 18.2 Å². The van der Waals surface area contributed by atoms with Crippen molar-refractivity contribution in [2.24, 2.45) is 34.5 Å². The molecule has 2 unspecified atom stereocenters. The molecule has 0 spiro atoms. The molecule has 8 rings (SSSR count). The number of hydrogen-bond acceptors (Lipinski definition) is 8. The summed E-state index contributed by atoms with van der Waals surface area (Å²) < 4.78 is 62.1. The minimum atomic E-state index is -3.77. The minimum absolute atomic E-state index is 0.0603. The number of rotatable bonds is 7. The Morgan fingerprint density at radius 3 is 1.67 bits per heavy atom. The van der Waals surface area contributed by atoms with E-state index in [2.05, 4.69) is 0 Å². The third-order valence-corrected chi connectivity index (χ3v) is 9.92. The van der Waals surface area contributed by atoms with Crippen LogP contribution in [0.4, 0.5) is 0 Å². The summed E-state index contributed by atoms with van der Waals surface area (Å²) in [5, 5.41) is 0. The van der Waals surface area contributed by atoms with Crippen LogP contribution in [0.2, 0.25) is 0 Å². The molecular formula is C20H21N3O8S2. The van der Waals surface area contributed by atoms with Gasteiger partial charge in [0.1, 0.15) is 0 Å². The Hall–Kier alpha value is -2.22. The second-order valence-corrected chi connectivity index (χ2v) is 13.3. The second-order valence-electron chi connectivity index (χ2n) is 10.0. The van der Waals surface area contributed by atoms with Crippen LogP contribution in [0.1, 0.15) is 12.1 Å². The summed E-state index contributed by atoms with van der Waals surface area (Å²) in [4.78, 5) is 27.1. The van der Waals surface area contributed by atoms with Gasteiger partial charge in [0.05, 0.1) is 43.5 Å². The molecule has 8 atom stereocenters. The first kappa shape index (κ1) is 20.2. The van der Waals surface area contributed by atoms with E-state index in [1.54, 1.807) is 30.3 Å². The van der Waals surface area contributed by atoms with E-state index in [9.17, 15) is 26.4 Å². The quantitative estimate of drug-likeness (QED) is 0.462. The van der Waals surface area contributed by atoms with Gasteiger partial charge in [-0.25, -0.2) is 23.5 Å². The molecule has 0 saturated heterocycles. The van der Waals surface area contributed by atoms with Gasteiger partial charge in [0.2, 0.25) is 0 Å². The lowest BCUT2D eigenvalue weighted by atomic mass is 9.72. The van der Waals surface area contributed by atoms with Crippen molar-refractivity contribution < 1.29 is 25.2 Å². The van der Waals surface area contributed by atoms with E-state index in [1.807, 2.05) is 0 Å². The predicted octanol–water partition coefficient (Wildman–Crippen LogP) is -0.659. The van der Waals surface area contributed by atoms with Crippen molar-refractivity contribution in [1.29, 1.82) is 0 Å². The van der Waals surface area contributed by atoms with Crippen molar-refractivity contribution in [3.8, 4) is 5.69 Å². The maximum Gasteiger partial charge on any atom is 0.352 e. The van der Waals surface area contributed by atoms with Crippen LogP contribution in [0.15, 0.2) is 39.9 Å². The molecule has 1 aromatic carbocycles. The summed E-state index contributed by atoms with van der Waals surface area (Å²) in [7, 11) is -7.54. The van der Waals surface area contributed by atoms with Crippen molar-refractivity contribution in [3.63, 3.8) is 0 Å². The van der Waals surface area contributed by atoms with Gasteiger partial charge in [0.25, 0.3) is 20.2 Å². The molecule has 33 heavy (non-hydrogen) atoms. The molecule has 13 heteroatoms. The summed E-state index contributed by atoms with van der Waals surface area (Å²) in [6.07, 6.45) is 1.93. The van der Waals surface area contributed by atoms with E-state index in [1.165, 1.54) is 9.36 Å². The Morgan fingerprint density at radius 1 is 0.788 bits per heavy atom. The van der Waals surface area contributed by atoms with Gasteiger partial charge in [-0.2, -0.15) is 16.8 Å². The van der Waals surface area contributed by atoms with Crippen LogP contribution in [-0.4, -0.2) is 56.5 Å². The number of aromatic nitrogens is 3. The predicted molar refractivity (Wildman–Crippen MR) is 113 cm³/mol. The van der Waals surface area contributed by atoms with Gasteiger partial charge in [-0.3, -0.25) is 8.37 Å². The zero-order chi connectivity index (χ0) is 23.3. The highest BCUT2D eigenvalue weighted by Gasteiger charge is 3.03. The average Bonchev–Trinajstić information content (AvgIpc) is 3.48. The van der Waals surface area contributed by atoms with Crippen LogP contribution in [0.3, 0.4) is 0 Å². The fourth-order valence-corrected chi connectivity index (χ4v) is 9.03. The van der Waals surface area contributed by atoms with Crippen molar-refractivity contribution in [2.45, 2.75) is 12.1 Å². The highest BCUT2D eigenvalue weighted by Crippen LogP contribution is 3.02. The Kier molecular flexibility index (Phi) is 3.38. The van der Waals surface area contributed by atoms with Crippen LogP contribution >= 0.6 is 0 Å². The zero-order valence-electron chi connectivity index (χ0n) is 17.7. The summed E-state index contributed by atoms with van der Waals surface area (Å²) in [5.74, 6) is 0.427. The lowest BCUT2D eigenvalue weighted by molar-refractivity contribution is -0.0383. The smallest absolute Gasteiger partial charge is 0.270 e. The molecule has 0 N–H and O–H groups in total. The van der Waals surface area contributed by atoms with E-state index in [0.29, 0.717) is 5.69 Å². The van der Waals surface area contributed by atoms with Crippen LogP contribution in [-0.2, 0) is 28.6 Å². The standard InChI is InChI=1S/C20H21N3O8S2/c1-32(26,27)30-8-19-14-11-12-13(11)16(20(14,19)9-31-33(2,28)29)23-18(25)21(10-6-4-3-5-7-10)17(24)22(23)15(12)19/h3-7,11-16H,8-9H2,1-2H3/t11?,12-,13+,14?,15-,16-,19-,20+/m0/s1. The first-order valence-corrected chi connectivity index (χ1v) is 14.3. The van der Waals surface area contributed by atoms with E-state index >= 15 is 0 Å². The molecule has 2 aliphatic heterocycles. The van der Waals surface area contributed by atoms with Crippen molar-refractivity contribution in [3.05, 3.63) is 51.3 Å². The molecule has 0 radical (unpaired) electrons. The summed E-state index contributed by atoms with van der Waals surface area (Å²) in [5.41, 5.74) is -2.05. The molecule has 11 nitrogen and oxygen atoms in total. The molecule has 2 aromatic rings. The molecule has 3 heterocycles. The van der Waals surface area contributed by atoms with Gasteiger partial charge in [0, 0.05) is 10.8 Å². The number of nitrogens with zero attached hydrogens (tertiary/aromatic N) is 3. The van der Waals surface area contributed by atoms with Crippen LogP contribution < -0.4 is 11.4 Å².